The van der Waals surface area contributed by atoms with Gasteiger partial charge in [-0.25, -0.2) is 0 Å². The smallest absolute Gasteiger partial charge is 0.0421 e. The van der Waals surface area contributed by atoms with Gasteiger partial charge >= 0.3 is 0 Å². The number of hydrogen-bond donors (Lipinski definition) is 4. The van der Waals surface area contributed by atoms with E-state index < -0.39 is 0 Å². The quantitative estimate of drug-likeness (QED) is 0.621. The molecule has 0 aliphatic carbocycles. The van der Waals surface area contributed by atoms with E-state index in [2.05, 4.69) is 10.6 Å². The van der Waals surface area contributed by atoms with Crippen LogP contribution >= 0.6 is 0 Å². The van der Waals surface area contributed by atoms with Gasteiger partial charge in [0.05, 0.1) is 0 Å². The van der Waals surface area contributed by atoms with Crippen molar-refractivity contribution >= 4 is 22.7 Å². The molecule has 2 aromatic rings. The molecule has 0 spiro atoms. The van der Waals surface area contributed by atoms with Gasteiger partial charge in [-0.1, -0.05) is 0 Å². The van der Waals surface area contributed by atoms with Crippen molar-refractivity contribution in [2.45, 2.75) is 6.54 Å². The molecule has 0 saturated carbocycles. The molecular formula is C14H18N4. The summed E-state index contributed by atoms with van der Waals surface area (Å²) in [6.45, 7) is 0.662. The topological polar surface area (TPSA) is 76.1 Å². The summed E-state index contributed by atoms with van der Waals surface area (Å²) < 4.78 is 0. The Morgan fingerprint density at radius 1 is 0.944 bits per heavy atom. The predicted molar refractivity (Wildman–Crippen MR) is 78.6 cm³/mol. The standard InChI is InChI=1S/C14H18N4/c1-17-12-3-5-13(6-4-12)18-9-10-8-11(15)2-7-14(10)16/h2-8,17-18H,9,15-16H2,1H3. The summed E-state index contributed by atoms with van der Waals surface area (Å²) >= 11 is 0. The SMILES string of the molecule is CNc1ccc(NCc2cc(N)ccc2N)cc1. The Bertz CT molecular complexity index is 520. The molecule has 4 nitrogen and oxygen atoms in total. The Kier molecular flexibility index (Phi) is 3.57. The Labute approximate surface area is 107 Å². The molecule has 0 aromatic heterocycles. The third-order valence-corrected chi connectivity index (χ3v) is 2.82. The fraction of sp³-hybridized carbons (Fsp3) is 0.143. The van der Waals surface area contributed by atoms with Crippen LogP contribution in [0.5, 0.6) is 0 Å². The third-order valence-electron chi connectivity index (χ3n) is 2.82. The van der Waals surface area contributed by atoms with E-state index in [4.69, 9.17) is 11.5 Å². The van der Waals surface area contributed by atoms with Crippen molar-refractivity contribution in [2.75, 3.05) is 29.1 Å². The molecule has 4 heteroatoms. The van der Waals surface area contributed by atoms with E-state index in [-0.39, 0.29) is 0 Å². The average Bonchev–Trinajstić information content (AvgIpc) is 2.40. The number of nitrogens with two attached hydrogens (primary N) is 2. The molecule has 0 unspecified atom stereocenters. The van der Waals surface area contributed by atoms with E-state index in [0.29, 0.717) is 6.54 Å². The zero-order valence-electron chi connectivity index (χ0n) is 10.4. The van der Waals surface area contributed by atoms with Gasteiger partial charge in [0.25, 0.3) is 0 Å². The first-order chi connectivity index (χ1) is 8.69. The van der Waals surface area contributed by atoms with Crippen molar-refractivity contribution in [3.05, 3.63) is 48.0 Å². The first-order valence-electron chi connectivity index (χ1n) is 5.84. The van der Waals surface area contributed by atoms with E-state index in [9.17, 15) is 0 Å². The van der Waals surface area contributed by atoms with Crippen LogP contribution in [0.2, 0.25) is 0 Å². The first-order valence-corrected chi connectivity index (χ1v) is 5.84. The number of nitrogen functional groups attached to an aromatic ring is 2. The van der Waals surface area contributed by atoms with Crippen LogP contribution in [0.3, 0.4) is 0 Å². The summed E-state index contributed by atoms with van der Waals surface area (Å²) in [7, 11) is 1.90. The van der Waals surface area contributed by atoms with Crippen molar-refractivity contribution in [3.63, 3.8) is 0 Å². The first kappa shape index (κ1) is 12.1. The van der Waals surface area contributed by atoms with E-state index in [0.717, 1.165) is 28.3 Å². The Morgan fingerprint density at radius 3 is 2.28 bits per heavy atom. The van der Waals surface area contributed by atoms with Crippen LogP contribution < -0.4 is 22.1 Å². The van der Waals surface area contributed by atoms with Crippen LogP contribution in [-0.4, -0.2) is 7.05 Å². The summed E-state index contributed by atoms with van der Waals surface area (Å²) in [6.07, 6.45) is 0. The number of anilines is 4. The minimum absolute atomic E-state index is 0.662. The van der Waals surface area contributed by atoms with Crippen LogP contribution in [0.4, 0.5) is 22.7 Å². The van der Waals surface area contributed by atoms with E-state index in [1.165, 1.54) is 0 Å². The van der Waals surface area contributed by atoms with Crippen LogP contribution in [0.1, 0.15) is 5.56 Å². The second kappa shape index (κ2) is 5.31. The lowest BCUT2D eigenvalue weighted by Crippen LogP contribution is -2.03. The maximum atomic E-state index is 5.89. The molecule has 0 amide bonds. The van der Waals surface area contributed by atoms with E-state index in [1.54, 1.807) is 6.07 Å². The van der Waals surface area contributed by atoms with Crippen LogP contribution in [0.25, 0.3) is 0 Å². The highest BCUT2D eigenvalue weighted by atomic mass is 14.9. The van der Waals surface area contributed by atoms with Crippen molar-refractivity contribution < 1.29 is 0 Å². The van der Waals surface area contributed by atoms with Crippen molar-refractivity contribution in [3.8, 4) is 0 Å². The zero-order chi connectivity index (χ0) is 13.0. The van der Waals surface area contributed by atoms with E-state index in [1.807, 2.05) is 43.4 Å². The largest absolute Gasteiger partial charge is 0.399 e. The molecule has 0 fully saturated rings. The van der Waals surface area contributed by atoms with Gasteiger partial charge in [0, 0.05) is 36.3 Å². The Balaban J connectivity index is 2.04. The lowest BCUT2D eigenvalue weighted by molar-refractivity contribution is 1.15. The third kappa shape index (κ3) is 2.85. The van der Waals surface area contributed by atoms with Crippen LogP contribution in [0.15, 0.2) is 42.5 Å². The molecule has 2 rings (SSSR count). The van der Waals surface area contributed by atoms with Gasteiger partial charge in [0.15, 0.2) is 0 Å². The lowest BCUT2D eigenvalue weighted by atomic mass is 10.1. The van der Waals surface area contributed by atoms with Crippen molar-refractivity contribution in [1.82, 2.24) is 0 Å². The molecule has 0 atom stereocenters. The van der Waals surface area contributed by atoms with Gasteiger partial charge in [-0.15, -0.1) is 0 Å². The summed E-state index contributed by atoms with van der Waals surface area (Å²) in [5.41, 5.74) is 16.3. The minimum Gasteiger partial charge on any atom is -0.399 e. The average molecular weight is 242 g/mol. The molecule has 18 heavy (non-hydrogen) atoms. The van der Waals surface area contributed by atoms with Crippen molar-refractivity contribution in [2.24, 2.45) is 0 Å². The maximum absolute atomic E-state index is 5.89. The summed E-state index contributed by atoms with van der Waals surface area (Å²) in [4.78, 5) is 0. The van der Waals surface area contributed by atoms with E-state index >= 15 is 0 Å². The normalized spacial score (nSPS) is 10.1. The number of nitrogens with one attached hydrogen (secondary N) is 2. The fourth-order valence-corrected chi connectivity index (χ4v) is 1.73. The monoisotopic (exact) mass is 242 g/mol. The summed E-state index contributed by atoms with van der Waals surface area (Å²) in [5.74, 6) is 0. The van der Waals surface area contributed by atoms with Gasteiger partial charge in [0.2, 0.25) is 0 Å². The highest BCUT2D eigenvalue weighted by molar-refractivity contribution is 5.58. The molecule has 0 radical (unpaired) electrons. The second-order valence-electron chi connectivity index (χ2n) is 4.14. The van der Waals surface area contributed by atoms with Gasteiger partial charge in [-0.3, -0.25) is 0 Å². The molecule has 6 N–H and O–H groups in total. The zero-order valence-corrected chi connectivity index (χ0v) is 10.4. The van der Waals surface area contributed by atoms with Crippen LogP contribution in [-0.2, 0) is 6.54 Å². The lowest BCUT2D eigenvalue weighted by Gasteiger charge is -2.10. The molecule has 0 aliphatic heterocycles. The van der Waals surface area contributed by atoms with Crippen molar-refractivity contribution in [1.29, 1.82) is 0 Å². The van der Waals surface area contributed by atoms with Gasteiger partial charge in [-0.2, -0.15) is 0 Å². The maximum Gasteiger partial charge on any atom is 0.0421 e. The molecule has 0 bridgehead atoms. The van der Waals surface area contributed by atoms with Gasteiger partial charge in [-0.05, 0) is 48.0 Å². The highest BCUT2D eigenvalue weighted by Gasteiger charge is 2.00. The number of rotatable bonds is 4. The number of benzene rings is 2. The predicted octanol–water partition coefficient (Wildman–Crippen LogP) is 2.50. The molecule has 2 aromatic carbocycles. The molecule has 0 saturated heterocycles. The molecule has 0 aliphatic rings. The molecule has 94 valence electrons. The summed E-state index contributed by atoms with van der Waals surface area (Å²) in [5, 5.41) is 6.40. The summed E-state index contributed by atoms with van der Waals surface area (Å²) in [6, 6.07) is 13.6. The Hall–Kier alpha value is -2.36. The second-order valence-corrected chi connectivity index (χ2v) is 4.14. The van der Waals surface area contributed by atoms with Crippen LogP contribution in [0, 0.1) is 0 Å². The minimum atomic E-state index is 0.662. The fourth-order valence-electron chi connectivity index (χ4n) is 1.73. The Morgan fingerprint density at radius 2 is 1.61 bits per heavy atom. The van der Waals surface area contributed by atoms with Gasteiger partial charge < -0.3 is 22.1 Å². The molecule has 0 heterocycles. The number of hydrogen-bond acceptors (Lipinski definition) is 4. The molecular weight excluding hydrogens is 224 g/mol. The highest BCUT2D eigenvalue weighted by Crippen LogP contribution is 2.18. The van der Waals surface area contributed by atoms with Gasteiger partial charge in [0.1, 0.15) is 0 Å².